The Kier molecular flexibility index (Phi) is 8.91. The minimum Gasteiger partial charge on any atom is -0.508 e. The number of aryl methyl sites for hydroxylation is 1. The van der Waals surface area contributed by atoms with E-state index in [1.54, 1.807) is 4.90 Å². The molecule has 1 aliphatic carbocycles. The molecule has 4 amide bonds. The van der Waals surface area contributed by atoms with E-state index in [-0.39, 0.29) is 41.5 Å². The van der Waals surface area contributed by atoms with Crippen molar-refractivity contribution < 1.29 is 29.0 Å². The molecule has 2 N–H and O–H groups in total. The predicted molar refractivity (Wildman–Crippen MR) is 225 cm³/mol. The molecule has 4 fully saturated rings. The van der Waals surface area contributed by atoms with Gasteiger partial charge in [-0.3, -0.25) is 29.4 Å². The van der Waals surface area contributed by atoms with Crippen LogP contribution in [0.25, 0.3) is 0 Å². The number of fused-ring (bicyclic) bond motifs is 5. The number of hydrogen-bond donors (Lipinski definition) is 2. The number of amides is 4. The number of phenols is 1. The van der Waals surface area contributed by atoms with Gasteiger partial charge in [0, 0.05) is 81.4 Å². The van der Waals surface area contributed by atoms with Crippen LogP contribution in [0.3, 0.4) is 0 Å². The van der Waals surface area contributed by atoms with Gasteiger partial charge in [0.1, 0.15) is 24.1 Å². The summed E-state index contributed by atoms with van der Waals surface area (Å²) in [5.74, 6) is 0.869. The Morgan fingerprint density at radius 3 is 2.48 bits per heavy atom. The third-order valence-corrected chi connectivity index (χ3v) is 14.5. The summed E-state index contributed by atoms with van der Waals surface area (Å²) in [5, 5.41) is 12.6. The van der Waals surface area contributed by atoms with Crippen molar-refractivity contribution in [3.05, 3.63) is 118 Å². The number of carbonyl (C=O) groups is 4. The summed E-state index contributed by atoms with van der Waals surface area (Å²) in [4.78, 5) is 62.0. The molecule has 60 heavy (non-hydrogen) atoms. The fourth-order valence-electron chi connectivity index (χ4n) is 11.4. The highest BCUT2D eigenvalue weighted by atomic mass is 16.5. The number of likely N-dealkylation sites (tertiary alicyclic amines) is 1. The van der Waals surface area contributed by atoms with Gasteiger partial charge >= 0.3 is 0 Å². The minimum absolute atomic E-state index is 0.0865. The predicted octanol–water partition coefficient (Wildman–Crippen LogP) is 4.64. The molecule has 0 aromatic heterocycles. The molecule has 4 aromatic carbocycles. The van der Waals surface area contributed by atoms with Gasteiger partial charge < -0.3 is 29.4 Å². The molecule has 4 atom stereocenters. The molecule has 1 spiro atoms. The number of piperazine rings is 1. The maximum Gasteiger partial charge on any atom is 0.255 e. The topological polar surface area (TPSA) is 126 Å². The van der Waals surface area contributed by atoms with Gasteiger partial charge in [0.2, 0.25) is 17.7 Å². The Hall–Kier alpha value is -5.88. The number of hydrogen-bond acceptors (Lipinski definition) is 9. The number of ether oxygens (including phenoxy) is 1. The van der Waals surface area contributed by atoms with Gasteiger partial charge in [0.25, 0.3) is 5.91 Å². The normalized spacial score (nSPS) is 25.6. The van der Waals surface area contributed by atoms with Crippen LogP contribution >= 0.6 is 0 Å². The lowest BCUT2D eigenvalue weighted by molar-refractivity contribution is -0.143. The summed E-state index contributed by atoms with van der Waals surface area (Å²) < 4.78 is 6.23. The number of carbonyl (C=O) groups excluding carboxylic acids is 4. The van der Waals surface area contributed by atoms with E-state index in [2.05, 4.69) is 80.7 Å². The first-order chi connectivity index (χ1) is 29.2. The number of nitrogens with zero attached hydrogens (tertiary/aromatic N) is 5. The molecule has 12 heteroatoms. The van der Waals surface area contributed by atoms with Crippen LogP contribution in [0.1, 0.15) is 75.7 Å². The number of rotatable bonds is 6. The maximum atomic E-state index is 13.7. The average Bonchev–Trinajstić information content (AvgIpc) is 3.84. The Morgan fingerprint density at radius 2 is 1.67 bits per heavy atom. The number of imide groups is 1. The summed E-state index contributed by atoms with van der Waals surface area (Å²) in [5.41, 5.74) is 8.94. The zero-order valence-corrected chi connectivity index (χ0v) is 33.7. The summed E-state index contributed by atoms with van der Waals surface area (Å²) in [7, 11) is 0. The van der Waals surface area contributed by atoms with Crippen LogP contribution in [0.5, 0.6) is 11.5 Å². The van der Waals surface area contributed by atoms with Crippen LogP contribution in [0.15, 0.2) is 84.9 Å². The van der Waals surface area contributed by atoms with Crippen LogP contribution in [-0.4, -0.2) is 114 Å². The molecule has 6 heterocycles. The van der Waals surface area contributed by atoms with Gasteiger partial charge in [0.15, 0.2) is 0 Å². The molecule has 0 bridgehead atoms. The van der Waals surface area contributed by atoms with E-state index in [0.29, 0.717) is 55.6 Å². The Labute approximate surface area is 349 Å². The zero-order valence-electron chi connectivity index (χ0n) is 33.7. The second-order valence-electron chi connectivity index (χ2n) is 18.2. The van der Waals surface area contributed by atoms with Crippen molar-refractivity contribution in [2.75, 3.05) is 68.8 Å². The van der Waals surface area contributed by atoms with Crippen LogP contribution in [0.4, 0.5) is 11.4 Å². The third-order valence-electron chi connectivity index (χ3n) is 14.5. The van der Waals surface area contributed by atoms with E-state index >= 15 is 0 Å². The van der Waals surface area contributed by atoms with Gasteiger partial charge in [0.05, 0.1) is 18.3 Å². The molecule has 11 rings (SSSR count). The maximum absolute atomic E-state index is 13.7. The number of nitrogens with one attached hydrogen (secondary N) is 1. The van der Waals surface area contributed by atoms with Crippen molar-refractivity contribution in [1.29, 1.82) is 0 Å². The van der Waals surface area contributed by atoms with Gasteiger partial charge in [-0.25, -0.2) is 0 Å². The summed E-state index contributed by atoms with van der Waals surface area (Å²) in [6, 6.07) is 29.2. The average molecular weight is 807 g/mol. The molecule has 6 aliphatic heterocycles. The third kappa shape index (κ3) is 6.38. The van der Waals surface area contributed by atoms with E-state index in [1.807, 2.05) is 29.2 Å². The van der Waals surface area contributed by atoms with Crippen molar-refractivity contribution in [3.8, 4) is 11.5 Å². The van der Waals surface area contributed by atoms with Crippen LogP contribution in [0, 0.1) is 5.41 Å². The Balaban J connectivity index is 0.698. The van der Waals surface area contributed by atoms with Gasteiger partial charge in [-0.15, -0.1) is 0 Å². The SMILES string of the molecule is O=C1CCC(N2Cc3cc4c(cc3C2=O)OC[C@@H]2CN(CC(=O)N3CC5(CCN(c6ccc([C@@H]7c8ccc(O)cc8CC[C@@H]7c7ccccc7)cc6)C5)C3)CCN42)C(=O)N1. The highest BCUT2D eigenvalue weighted by Gasteiger charge is 2.50. The molecule has 0 radical (unpaired) electrons. The highest BCUT2D eigenvalue weighted by Crippen LogP contribution is 2.48. The Bertz CT molecular complexity index is 2400. The van der Waals surface area contributed by atoms with Crippen LogP contribution in [0.2, 0.25) is 0 Å². The first-order valence-corrected chi connectivity index (χ1v) is 21.6. The summed E-state index contributed by atoms with van der Waals surface area (Å²) in [6.45, 7) is 6.94. The molecule has 1 unspecified atom stereocenters. The number of anilines is 2. The smallest absolute Gasteiger partial charge is 0.255 e. The monoisotopic (exact) mass is 806 g/mol. The second-order valence-corrected chi connectivity index (χ2v) is 18.2. The molecule has 12 nitrogen and oxygen atoms in total. The van der Waals surface area contributed by atoms with E-state index in [1.165, 1.54) is 27.9 Å². The van der Waals surface area contributed by atoms with Crippen LogP contribution < -0.4 is 19.9 Å². The lowest BCUT2D eigenvalue weighted by atomic mass is 9.69. The van der Waals surface area contributed by atoms with Crippen molar-refractivity contribution in [3.63, 3.8) is 0 Å². The van der Waals surface area contributed by atoms with E-state index in [9.17, 15) is 24.3 Å². The van der Waals surface area contributed by atoms with Gasteiger partial charge in [-0.1, -0.05) is 48.5 Å². The van der Waals surface area contributed by atoms with Gasteiger partial charge in [-0.2, -0.15) is 0 Å². The van der Waals surface area contributed by atoms with E-state index in [0.717, 1.165) is 69.8 Å². The molecule has 308 valence electrons. The molecule has 4 aromatic rings. The zero-order chi connectivity index (χ0) is 40.7. The number of phenolic OH excluding ortho intramolecular Hbond substituents is 1. The van der Waals surface area contributed by atoms with E-state index < -0.39 is 11.9 Å². The molecule has 7 aliphatic rings. The molecule has 4 saturated heterocycles. The van der Waals surface area contributed by atoms with Crippen molar-refractivity contribution in [2.45, 2.75) is 62.6 Å². The summed E-state index contributed by atoms with van der Waals surface area (Å²) in [6.07, 6.45) is 3.62. The quantitative estimate of drug-likeness (QED) is 0.269. The number of benzene rings is 4. The number of piperidine rings is 1. The minimum atomic E-state index is -0.654. The standard InChI is InChI=1S/C48H50N6O6/c55-36-11-13-38-32(20-36)8-12-37(30-4-2-1-3-5-30)45(38)31-6-9-34(10-7-31)51-17-16-48(27-51)28-52(29-48)44(57)25-50-18-19-53-35(24-50)26-60-42-22-39-33(21-41(42)53)23-54(47(39)59)40-14-15-43(56)49-46(40)58/h1-7,9-11,13,20-22,35,37,40,45,55H,8,12,14-19,23-29H2,(H,49,56,58)/t35-,37+,40?,45-/m0/s1. The van der Waals surface area contributed by atoms with E-state index in [4.69, 9.17) is 4.74 Å². The second kappa shape index (κ2) is 14.4. The molecular formula is C48H50N6O6. The highest BCUT2D eigenvalue weighted by molar-refractivity contribution is 6.06. The fraction of sp³-hybridized carbons (Fsp3) is 0.417. The lowest BCUT2D eigenvalue weighted by Crippen LogP contribution is -2.63. The van der Waals surface area contributed by atoms with Crippen molar-refractivity contribution >= 4 is 35.0 Å². The van der Waals surface area contributed by atoms with Gasteiger partial charge in [-0.05, 0) is 95.8 Å². The number of aromatic hydroxyl groups is 1. The van der Waals surface area contributed by atoms with Crippen molar-refractivity contribution in [2.24, 2.45) is 5.41 Å². The largest absolute Gasteiger partial charge is 0.508 e. The molecular weight excluding hydrogens is 757 g/mol. The van der Waals surface area contributed by atoms with Crippen molar-refractivity contribution in [1.82, 2.24) is 20.0 Å². The Morgan fingerprint density at radius 1 is 0.833 bits per heavy atom. The summed E-state index contributed by atoms with van der Waals surface area (Å²) >= 11 is 0. The fourth-order valence-corrected chi connectivity index (χ4v) is 11.4. The first-order valence-electron chi connectivity index (χ1n) is 21.6. The van der Waals surface area contributed by atoms with Crippen LogP contribution in [-0.2, 0) is 27.3 Å². The first kappa shape index (κ1) is 37.1. The lowest BCUT2D eigenvalue weighted by Gasteiger charge is -2.49. The molecule has 0 saturated carbocycles.